The highest BCUT2D eigenvalue weighted by Crippen LogP contribution is 2.25. The predicted octanol–water partition coefficient (Wildman–Crippen LogP) is 3.40. The van der Waals surface area contributed by atoms with E-state index >= 15 is 0 Å². The molecule has 1 saturated carbocycles. The molecule has 1 aliphatic rings. The molecular weight excluding hydrogens is 384 g/mol. The molecule has 0 radical (unpaired) electrons. The first kappa shape index (κ1) is 19.4. The van der Waals surface area contributed by atoms with Crippen molar-refractivity contribution >= 4 is 23.5 Å². The van der Waals surface area contributed by atoms with Gasteiger partial charge in [0.2, 0.25) is 5.95 Å². The van der Waals surface area contributed by atoms with Gasteiger partial charge in [-0.25, -0.2) is 15.0 Å². The highest BCUT2D eigenvalue weighted by molar-refractivity contribution is 7.98. The minimum atomic E-state index is -0.0208. The Kier molecular flexibility index (Phi) is 5.80. The zero-order valence-electron chi connectivity index (χ0n) is 16.5. The predicted molar refractivity (Wildman–Crippen MR) is 117 cm³/mol. The minimum absolute atomic E-state index is 0.0208. The van der Waals surface area contributed by atoms with Crippen molar-refractivity contribution in [2.75, 3.05) is 16.9 Å². The third-order valence-corrected chi connectivity index (χ3v) is 5.86. The standard InChI is InChI=1S/C21H24N6OS/c1-27-9-3-4-18(20(27)28)14-5-8-19(22-11-14)25-15-6-7-16(10-15)26-21-23-12-17(29-2)13-24-21/h3-5,8-9,11-13,15-16H,6-7,10H2,1-2H3,(H,22,25)(H,23,24,26)/t15-,16-/m0/s1. The molecule has 0 aromatic carbocycles. The normalized spacial score (nSPS) is 18.6. The lowest BCUT2D eigenvalue weighted by molar-refractivity contribution is 0.716. The minimum Gasteiger partial charge on any atom is -0.367 e. The fraction of sp³-hybridized carbons (Fsp3) is 0.333. The van der Waals surface area contributed by atoms with Crippen LogP contribution in [-0.4, -0.2) is 37.9 Å². The Hall–Kier alpha value is -2.87. The molecule has 7 nitrogen and oxygen atoms in total. The van der Waals surface area contributed by atoms with Gasteiger partial charge in [-0.2, -0.15) is 0 Å². The molecule has 0 saturated heterocycles. The number of aromatic nitrogens is 4. The van der Waals surface area contributed by atoms with Crippen molar-refractivity contribution in [3.8, 4) is 11.1 Å². The van der Waals surface area contributed by atoms with Gasteiger partial charge in [-0.15, -0.1) is 11.8 Å². The first-order valence-corrected chi connectivity index (χ1v) is 10.9. The van der Waals surface area contributed by atoms with Gasteiger partial charge in [0.05, 0.1) is 0 Å². The van der Waals surface area contributed by atoms with E-state index in [0.717, 1.165) is 35.5 Å². The molecule has 4 rings (SSSR count). The summed E-state index contributed by atoms with van der Waals surface area (Å²) in [7, 11) is 1.75. The molecule has 1 fully saturated rings. The number of thioether (sulfide) groups is 1. The molecule has 150 valence electrons. The number of anilines is 2. The van der Waals surface area contributed by atoms with Gasteiger partial charge < -0.3 is 15.2 Å². The second-order valence-corrected chi connectivity index (χ2v) is 8.09. The summed E-state index contributed by atoms with van der Waals surface area (Å²) in [5.74, 6) is 1.51. The maximum absolute atomic E-state index is 12.3. The van der Waals surface area contributed by atoms with Crippen LogP contribution in [-0.2, 0) is 7.05 Å². The van der Waals surface area contributed by atoms with Crippen LogP contribution in [0.4, 0.5) is 11.8 Å². The van der Waals surface area contributed by atoms with Gasteiger partial charge in [0, 0.05) is 59.9 Å². The van der Waals surface area contributed by atoms with E-state index in [-0.39, 0.29) is 5.56 Å². The van der Waals surface area contributed by atoms with Crippen LogP contribution in [0.3, 0.4) is 0 Å². The van der Waals surface area contributed by atoms with E-state index in [1.54, 1.807) is 35.8 Å². The Labute approximate surface area is 174 Å². The molecule has 0 amide bonds. The van der Waals surface area contributed by atoms with E-state index < -0.39 is 0 Å². The highest BCUT2D eigenvalue weighted by atomic mass is 32.2. The molecule has 3 aromatic heterocycles. The molecule has 1 aliphatic carbocycles. The van der Waals surface area contributed by atoms with E-state index in [1.165, 1.54) is 0 Å². The number of hydrogen-bond donors (Lipinski definition) is 2. The first-order valence-electron chi connectivity index (χ1n) is 9.63. The van der Waals surface area contributed by atoms with Crippen molar-refractivity contribution in [1.29, 1.82) is 0 Å². The van der Waals surface area contributed by atoms with E-state index in [1.807, 2.05) is 42.9 Å². The van der Waals surface area contributed by atoms with Crippen LogP contribution in [0.25, 0.3) is 11.1 Å². The van der Waals surface area contributed by atoms with Crippen LogP contribution >= 0.6 is 11.8 Å². The third kappa shape index (κ3) is 4.59. The van der Waals surface area contributed by atoms with E-state index in [2.05, 4.69) is 25.6 Å². The van der Waals surface area contributed by atoms with Crippen LogP contribution in [0, 0.1) is 0 Å². The zero-order chi connectivity index (χ0) is 20.2. The Morgan fingerprint density at radius 3 is 2.48 bits per heavy atom. The average molecular weight is 409 g/mol. The van der Waals surface area contributed by atoms with Gasteiger partial charge in [-0.3, -0.25) is 4.79 Å². The molecule has 2 atom stereocenters. The lowest BCUT2D eigenvalue weighted by Crippen LogP contribution is -2.22. The van der Waals surface area contributed by atoms with Gasteiger partial charge in [-0.1, -0.05) is 0 Å². The van der Waals surface area contributed by atoms with Crippen molar-refractivity contribution in [3.63, 3.8) is 0 Å². The number of pyridine rings is 2. The Morgan fingerprint density at radius 1 is 1.03 bits per heavy atom. The summed E-state index contributed by atoms with van der Waals surface area (Å²) < 4.78 is 1.57. The lowest BCUT2D eigenvalue weighted by Gasteiger charge is -2.15. The molecular formula is C21H24N6OS. The van der Waals surface area contributed by atoms with Gasteiger partial charge in [-0.05, 0) is 49.8 Å². The second kappa shape index (κ2) is 8.65. The average Bonchev–Trinajstić information content (AvgIpc) is 3.18. The number of nitrogens with zero attached hydrogens (tertiary/aromatic N) is 4. The number of aryl methyl sites for hydroxylation is 1. The summed E-state index contributed by atoms with van der Waals surface area (Å²) in [5, 5.41) is 6.92. The Bertz CT molecular complexity index is 1020. The molecule has 0 aliphatic heterocycles. The zero-order valence-corrected chi connectivity index (χ0v) is 17.3. The van der Waals surface area contributed by atoms with Crippen molar-refractivity contribution in [2.24, 2.45) is 7.05 Å². The Morgan fingerprint density at radius 2 is 1.79 bits per heavy atom. The number of nitrogens with one attached hydrogen (secondary N) is 2. The van der Waals surface area contributed by atoms with Crippen LogP contribution in [0.1, 0.15) is 19.3 Å². The summed E-state index contributed by atoms with van der Waals surface area (Å²) in [5.41, 5.74) is 1.47. The van der Waals surface area contributed by atoms with Crippen LogP contribution in [0.2, 0.25) is 0 Å². The summed E-state index contributed by atoms with van der Waals surface area (Å²) in [4.78, 5) is 26.6. The van der Waals surface area contributed by atoms with Gasteiger partial charge in [0.25, 0.3) is 5.56 Å². The quantitative estimate of drug-likeness (QED) is 0.605. The maximum Gasteiger partial charge on any atom is 0.258 e. The van der Waals surface area contributed by atoms with E-state index in [0.29, 0.717) is 23.6 Å². The van der Waals surface area contributed by atoms with Gasteiger partial charge >= 0.3 is 0 Å². The van der Waals surface area contributed by atoms with Crippen LogP contribution in [0.15, 0.2) is 58.7 Å². The van der Waals surface area contributed by atoms with Crippen molar-refractivity contribution in [1.82, 2.24) is 19.5 Å². The lowest BCUT2D eigenvalue weighted by atomic mass is 10.1. The monoisotopic (exact) mass is 408 g/mol. The molecule has 3 heterocycles. The van der Waals surface area contributed by atoms with E-state index in [9.17, 15) is 4.79 Å². The summed E-state index contributed by atoms with van der Waals surface area (Å²) in [6.07, 6.45) is 12.3. The molecule has 8 heteroatoms. The van der Waals surface area contributed by atoms with Gasteiger partial charge in [0.1, 0.15) is 5.82 Å². The summed E-state index contributed by atoms with van der Waals surface area (Å²) in [6, 6.07) is 8.27. The molecule has 0 spiro atoms. The molecule has 0 bridgehead atoms. The largest absolute Gasteiger partial charge is 0.367 e. The number of rotatable bonds is 6. The van der Waals surface area contributed by atoms with Gasteiger partial charge in [0.15, 0.2) is 0 Å². The van der Waals surface area contributed by atoms with Crippen molar-refractivity contribution in [3.05, 3.63) is 59.4 Å². The molecule has 2 N–H and O–H groups in total. The van der Waals surface area contributed by atoms with E-state index in [4.69, 9.17) is 0 Å². The maximum atomic E-state index is 12.3. The second-order valence-electron chi connectivity index (χ2n) is 7.21. The fourth-order valence-corrected chi connectivity index (χ4v) is 3.90. The summed E-state index contributed by atoms with van der Waals surface area (Å²) >= 11 is 1.63. The Balaban J connectivity index is 1.35. The first-order chi connectivity index (χ1) is 14.1. The third-order valence-electron chi connectivity index (χ3n) is 5.18. The molecule has 29 heavy (non-hydrogen) atoms. The topological polar surface area (TPSA) is 84.7 Å². The summed E-state index contributed by atoms with van der Waals surface area (Å²) in [6.45, 7) is 0. The van der Waals surface area contributed by atoms with Crippen molar-refractivity contribution < 1.29 is 0 Å². The highest BCUT2D eigenvalue weighted by Gasteiger charge is 2.25. The molecule has 0 unspecified atom stereocenters. The fourth-order valence-electron chi connectivity index (χ4n) is 3.59. The van der Waals surface area contributed by atoms with Crippen LogP contribution < -0.4 is 16.2 Å². The SMILES string of the molecule is CSc1cnc(N[C@H]2CC[C@H](Nc3ccc(-c4cccn(C)c4=O)cn3)C2)nc1. The van der Waals surface area contributed by atoms with Crippen LogP contribution in [0.5, 0.6) is 0 Å². The van der Waals surface area contributed by atoms with Crippen molar-refractivity contribution in [2.45, 2.75) is 36.2 Å². The smallest absolute Gasteiger partial charge is 0.258 e. The molecule has 3 aromatic rings. The number of hydrogen-bond acceptors (Lipinski definition) is 7.